The van der Waals surface area contributed by atoms with Gasteiger partial charge < -0.3 is 5.32 Å². The van der Waals surface area contributed by atoms with Gasteiger partial charge in [0.15, 0.2) is 0 Å². The molecular weight excluding hydrogens is 369 g/mol. The van der Waals surface area contributed by atoms with Crippen LogP contribution in [-0.4, -0.2) is 15.7 Å². The number of thiophene rings is 1. The third-order valence-electron chi connectivity index (χ3n) is 3.00. The minimum Gasteiger partial charge on any atom is -0.307 e. The van der Waals surface area contributed by atoms with Crippen molar-refractivity contribution in [2.24, 2.45) is 0 Å². The van der Waals surface area contributed by atoms with Crippen molar-refractivity contribution in [2.75, 3.05) is 5.32 Å². The Bertz CT molecular complexity index is 814. The van der Waals surface area contributed by atoms with E-state index in [4.69, 9.17) is 0 Å². The van der Waals surface area contributed by atoms with E-state index in [1.54, 1.807) is 40.4 Å². The van der Waals surface area contributed by atoms with E-state index in [2.05, 4.69) is 26.3 Å². The van der Waals surface area contributed by atoms with Gasteiger partial charge in [0, 0.05) is 20.8 Å². The van der Waals surface area contributed by atoms with Crippen molar-refractivity contribution in [3.63, 3.8) is 0 Å². The van der Waals surface area contributed by atoms with Gasteiger partial charge in [-0.2, -0.15) is 5.10 Å². The lowest BCUT2D eigenvalue weighted by molar-refractivity contribution is 0.102. The normalized spacial score (nSPS) is 10.6. The molecule has 0 fully saturated rings. The highest BCUT2D eigenvalue weighted by atomic mass is 79.9. The highest BCUT2D eigenvalue weighted by Crippen LogP contribution is 2.22. The highest BCUT2D eigenvalue weighted by Gasteiger charge is 2.13. The van der Waals surface area contributed by atoms with Gasteiger partial charge in [0.25, 0.3) is 5.91 Å². The van der Waals surface area contributed by atoms with Gasteiger partial charge in [-0.05, 0) is 34.1 Å². The fourth-order valence-corrected chi connectivity index (χ4v) is 3.41. The van der Waals surface area contributed by atoms with E-state index >= 15 is 0 Å². The third-order valence-corrected chi connectivity index (χ3v) is 4.69. The average Bonchev–Trinajstić information content (AvgIpc) is 3.09. The summed E-state index contributed by atoms with van der Waals surface area (Å²) in [5, 5.41) is 8.86. The molecule has 22 heavy (non-hydrogen) atoms. The predicted octanol–water partition coefficient (Wildman–Crippen LogP) is 4.15. The van der Waals surface area contributed by atoms with Gasteiger partial charge in [0.1, 0.15) is 11.6 Å². The Hall–Kier alpha value is -1.99. The molecule has 2 heterocycles. The molecule has 1 amide bonds. The summed E-state index contributed by atoms with van der Waals surface area (Å²) in [6, 6.07) is 9.55. The zero-order valence-corrected chi connectivity index (χ0v) is 13.7. The van der Waals surface area contributed by atoms with Crippen molar-refractivity contribution in [3.8, 4) is 0 Å². The van der Waals surface area contributed by atoms with Crippen LogP contribution >= 0.6 is 27.3 Å². The van der Waals surface area contributed by atoms with Crippen molar-refractivity contribution in [1.29, 1.82) is 0 Å². The summed E-state index contributed by atoms with van der Waals surface area (Å²) in [5.74, 6) is -0.516. The number of halogens is 2. The van der Waals surface area contributed by atoms with Crippen LogP contribution in [-0.2, 0) is 6.54 Å². The van der Waals surface area contributed by atoms with E-state index < -0.39 is 11.7 Å². The largest absolute Gasteiger partial charge is 0.307 e. The monoisotopic (exact) mass is 379 g/mol. The van der Waals surface area contributed by atoms with Crippen LogP contribution in [0.2, 0.25) is 0 Å². The third kappa shape index (κ3) is 3.26. The van der Waals surface area contributed by atoms with Gasteiger partial charge >= 0.3 is 0 Å². The molecule has 0 saturated heterocycles. The fraction of sp³-hybridized carbons (Fsp3) is 0.0667. The van der Waals surface area contributed by atoms with Gasteiger partial charge in [-0.1, -0.05) is 12.1 Å². The number of rotatable bonds is 4. The molecule has 0 saturated carbocycles. The number of amides is 1. The SMILES string of the molecule is O=C(Nc1ccnn1Cc1cc(Br)cs1)c1ccccc1F. The summed E-state index contributed by atoms with van der Waals surface area (Å²) in [7, 11) is 0. The summed E-state index contributed by atoms with van der Waals surface area (Å²) in [5.41, 5.74) is 0.00844. The van der Waals surface area contributed by atoms with Gasteiger partial charge in [0.05, 0.1) is 18.3 Å². The Morgan fingerprint density at radius 2 is 2.18 bits per heavy atom. The fourth-order valence-electron chi connectivity index (χ4n) is 1.98. The second kappa shape index (κ2) is 6.41. The second-order valence-corrected chi connectivity index (χ2v) is 6.45. The molecule has 0 bridgehead atoms. The predicted molar refractivity (Wildman–Crippen MR) is 87.7 cm³/mol. The Kier molecular flexibility index (Phi) is 4.35. The first-order valence-corrected chi connectivity index (χ1v) is 8.11. The smallest absolute Gasteiger partial charge is 0.259 e. The van der Waals surface area contributed by atoms with Crippen molar-refractivity contribution in [2.45, 2.75) is 6.54 Å². The van der Waals surface area contributed by atoms with E-state index in [1.807, 2.05) is 11.4 Å². The Balaban J connectivity index is 1.78. The minimum atomic E-state index is -0.548. The Morgan fingerprint density at radius 1 is 1.36 bits per heavy atom. The Morgan fingerprint density at radius 3 is 2.91 bits per heavy atom. The molecule has 4 nitrogen and oxygen atoms in total. The lowest BCUT2D eigenvalue weighted by atomic mass is 10.2. The standard InChI is InChI=1S/C15H11BrFN3OS/c16-10-7-11(22-9-10)8-20-14(5-6-18-20)19-15(21)12-3-1-2-4-13(12)17/h1-7,9H,8H2,(H,19,21). The van der Waals surface area contributed by atoms with E-state index in [9.17, 15) is 9.18 Å². The van der Waals surface area contributed by atoms with Crippen LogP contribution in [0.3, 0.4) is 0 Å². The van der Waals surface area contributed by atoms with E-state index in [1.165, 1.54) is 12.1 Å². The molecular formula is C15H11BrFN3OS. The number of carbonyl (C=O) groups is 1. The van der Waals surface area contributed by atoms with Crippen molar-refractivity contribution < 1.29 is 9.18 Å². The van der Waals surface area contributed by atoms with Gasteiger partial charge in [-0.15, -0.1) is 11.3 Å². The number of hydrogen-bond donors (Lipinski definition) is 1. The molecule has 1 aromatic carbocycles. The summed E-state index contributed by atoms with van der Waals surface area (Å²) in [4.78, 5) is 13.2. The number of aromatic nitrogens is 2. The molecule has 1 N–H and O–H groups in total. The van der Waals surface area contributed by atoms with Crippen LogP contribution in [0.1, 0.15) is 15.2 Å². The molecule has 0 spiro atoms. The molecule has 0 atom stereocenters. The molecule has 7 heteroatoms. The molecule has 0 aliphatic carbocycles. The molecule has 112 valence electrons. The second-order valence-electron chi connectivity index (χ2n) is 4.54. The topological polar surface area (TPSA) is 46.9 Å². The van der Waals surface area contributed by atoms with Crippen molar-refractivity contribution in [3.05, 3.63) is 68.7 Å². The maximum Gasteiger partial charge on any atom is 0.259 e. The molecule has 2 aromatic heterocycles. The van der Waals surface area contributed by atoms with Gasteiger partial charge in [-0.25, -0.2) is 9.07 Å². The first-order valence-electron chi connectivity index (χ1n) is 6.44. The van der Waals surface area contributed by atoms with Crippen LogP contribution in [0.25, 0.3) is 0 Å². The number of benzene rings is 1. The number of nitrogens with zero attached hydrogens (tertiary/aromatic N) is 2. The lowest BCUT2D eigenvalue weighted by Gasteiger charge is -2.08. The minimum absolute atomic E-state index is 0.00844. The van der Waals surface area contributed by atoms with E-state index in [-0.39, 0.29) is 5.56 Å². The number of nitrogens with one attached hydrogen (secondary N) is 1. The number of carbonyl (C=O) groups excluding carboxylic acids is 1. The highest BCUT2D eigenvalue weighted by molar-refractivity contribution is 9.10. The Labute approximate surface area is 138 Å². The van der Waals surface area contributed by atoms with Crippen LogP contribution < -0.4 is 5.32 Å². The average molecular weight is 380 g/mol. The molecule has 0 unspecified atom stereocenters. The number of hydrogen-bond acceptors (Lipinski definition) is 3. The quantitative estimate of drug-likeness (QED) is 0.739. The van der Waals surface area contributed by atoms with Gasteiger partial charge in [0.2, 0.25) is 0 Å². The van der Waals surface area contributed by atoms with Crippen LogP contribution in [0, 0.1) is 5.82 Å². The van der Waals surface area contributed by atoms with E-state index in [0.717, 1.165) is 9.35 Å². The number of anilines is 1. The molecule has 0 aliphatic rings. The zero-order valence-electron chi connectivity index (χ0n) is 11.3. The summed E-state index contributed by atoms with van der Waals surface area (Å²) >= 11 is 5.00. The summed E-state index contributed by atoms with van der Waals surface area (Å²) in [6.07, 6.45) is 1.60. The van der Waals surface area contributed by atoms with Crippen molar-refractivity contribution >= 4 is 39.0 Å². The van der Waals surface area contributed by atoms with Crippen LogP contribution in [0.5, 0.6) is 0 Å². The first kappa shape index (κ1) is 14.9. The molecule has 3 aromatic rings. The van der Waals surface area contributed by atoms with Crippen LogP contribution in [0.15, 0.2) is 52.4 Å². The molecule has 0 aliphatic heterocycles. The maximum absolute atomic E-state index is 13.6. The first-order chi connectivity index (χ1) is 10.6. The zero-order chi connectivity index (χ0) is 15.5. The van der Waals surface area contributed by atoms with Gasteiger partial charge in [-0.3, -0.25) is 4.79 Å². The maximum atomic E-state index is 13.6. The lowest BCUT2D eigenvalue weighted by Crippen LogP contribution is -2.17. The van der Waals surface area contributed by atoms with Crippen molar-refractivity contribution in [1.82, 2.24) is 9.78 Å². The van der Waals surface area contributed by atoms with E-state index in [0.29, 0.717) is 12.4 Å². The summed E-state index contributed by atoms with van der Waals surface area (Å²) < 4.78 is 16.3. The molecule has 0 radical (unpaired) electrons. The summed E-state index contributed by atoms with van der Waals surface area (Å²) in [6.45, 7) is 0.538. The van der Waals surface area contributed by atoms with Crippen LogP contribution in [0.4, 0.5) is 10.2 Å². The molecule has 3 rings (SSSR count).